The highest BCUT2D eigenvalue weighted by Crippen LogP contribution is 2.27. The van der Waals surface area contributed by atoms with E-state index in [1.54, 1.807) is 0 Å². The summed E-state index contributed by atoms with van der Waals surface area (Å²) >= 11 is 0. The number of benzene rings is 1. The molecule has 3 heteroatoms. The Kier molecular flexibility index (Phi) is 4.69. The molecule has 2 heterocycles. The van der Waals surface area contributed by atoms with Crippen molar-refractivity contribution in [1.82, 2.24) is 4.90 Å². The lowest BCUT2D eigenvalue weighted by atomic mass is 9.98. The molecular weight excluding hydrogens is 260 g/mol. The number of piperidine rings is 1. The standard InChI is InChI=1S/C18H28N2O/c1-14(2)20-10-4-5-15(12-20)13-21-17-8-7-16-6-3-9-19-18(16)11-17/h7-8,11,14-15,19H,3-6,9-10,12-13H2,1-2H3. The molecule has 1 aromatic carbocycles. The molecule has 1 fully saturated rings. The van der Waals surface area contributed by atoms with E-state index in [1.165, 1.54) is 50.0 Å². The van der Waals surface area contributed by atoms with Gasteiger partial charge in [0.25, 0.3) is 0 Å². The number of hydrogen-bond acceptors (Lipinski definition) is 3. The zero-order valence-electron chi connectivity index (χ0n) is 13.4. The van der Waals surface area contributed by atoms with Crippen LogP contribution in [0.5, 0.6) is 5.75 Å². The smallest absolute Gasteiger partial charge is 0.121 e. The quantitative estimate of drug-likeness (QED) is 0.917. The summed E-state index contributed by atoms with van der Waals surface area (Å²) in [5.74, 6) is 1.69. The van der Waals surface area contributed by atoms with Crippen molar-refractivity contribution in [1.29, 1.82) is 0 Å². The first-order valence-corrected chi connectivity index (χ1v) is 8.46. The van der Waals surface area contributed by atoms with E-state index in [2.05, 4.69) is 42.3 Å². The fourth-order valence-corrected chi connectivity index (χ4v) is 3.45. The van der Waals surface area contributed by atoms with Gasteiger partial charge in [0, 0.05) is 36.8 Å². The summed E-state index contributed by atoms with van der Waals surface area (Å²) in [6.07, 6.45) is 5.03. The average Bonchev–Trinajstić information content (AvgIpc) is 2.53. The zero-order valence-corrected chi connectivity index (χ0v) is 13.4. The van der Waals surface area contributed by atoms with Crippen LogP contribution in [0.1, 0.15) is 38.7 Å². The van der Waals surface area contributed by atoms with Crippen molar-refractivity contribution >= 4 is 5.69 Å². The third-order valence-electron chi connectivity index (χ3n) is 4.79. The van der Waals surface area contributed by atoms with Gasteiger partial charge in [-0.05, 0) is 57.7 Å². The largest absolute Gasteiger partial charge is 0.493 e. The molecule has 1 saturated heterocycles. The molecule has 3 rings (SSSR count). The fraction of sp³-hybridized carbons (Fsp3) is 0.667. The molecule has 1 atom stereocenters. The summed E-state index contributed by atoms with van der Waals surface area (Å²) in [7, 11) is 0. The molecule has 0 aliphatic carbocycles. The fourth-order valence-electron chi connectivity index (χ4n) is 3.45. The Morgan fingerprint density at radius 2 is 2.24 bits per heavy atom. The molecule has 0 aromatic heterocycles. The molecule has 3 nitrogen and oxygen atoms in total. The number of nitrogens with one attached hydrogen (secondary N) is 1. The van der Waals surface area contributed by atoms with Crippen molar-refractivity contribution in [2.24, 2.45) is 5.92 Å². The molecule has 0 amide bonds. The van der Waals surface area contributed by atoms with Gasteiger partial charge in [-0.15, -0.1) is 0 Å². The van der Waals surface area contributed by atoms with Crippen LogP contribution in [0.2, 0.25) is 0 Å². The lowest BCUT2D eigenvalue weighted by molar-refractivity contribution is 0.107. The minimum absolute atomic E-state index is 0.653. The van der Waals surface area contributed by atoms with Crippen LogP contribution in [0.3, 0.4) is 0 Å². The van der Waals surface area contributed by atoms with E-state index >= 15 is 0 Å². The van der Waals surface area contributed by atoms with Gasteiger partial charge >= 0.3 is 0 Å². The van der Waals surface area contributed by atoms with Gasteiger partial charge in [-0.2, -0.15) is 0 Å². The second kappa shape index (κ2) is 6.69. The number of aryl methyl sites for hydroxylation is 1. The van der Waals surface area contributed by atoms with Gasteiger partial charge in [0.15, 0.2) is 0 Å². The minimum Gasteiger partial charge on any atom is -0.493 e. The van der Waals surface area contributed by atoms with E-state index < -0.39 is 0 Å². The van der Waals surface area contributed by atoms with Gasteiger partial charge in [-0.3, -0.25) is 0 Å². The molecular formula is C18H28N2O. The van der Waals surface area contributed by atoms with Gasteiger partial charge in [0.05, 0.1) is 6.61 Å². The lowest BCUT2D eigenvalue weighted by Crippen LogP contribution is -2.41. The van der Waals surface area contributed by atoms with Crippen LogP contribution in [0.15, 0.2) is 18.2 Å². The average molecular weight is 288 g/mol. The lowest BCUT2D eigenvalue weighted by Gasteiger charge is -2.35. The number of anilines is 1. The molecule has 116 valence electrons. The summed E-state index contributed by atoms with van der Waals surface area (Å²) in [6.45, 7) is 8.94. The van der Waals surface area contributed by atoms with Gasteiger partial charge in [0.2, 0.25) is 0 Å². The number of rotatable bonds is 4. The van der Waals surface area contributed by atoms with E-state index in [1.807, 2.05) is 0 Å². The van der Waals surface area contributed by atoms with Gasteiger partial charge < -0.3 is 15.0 Å². The predicted octanol–water partition coefficient (Wildman–Crippen LogP) is 3.54. The summed E-state index contributed by atoms with van der Waals surface area (Å²) in [5.41, 5.74) is 2.70. The topological polar surface area (TPSA) is 24.5 Å². The van der Waals surface area contributed by atoms with E-state index in [9.17, 15) is 0 Å². The SMILES string of the molecule is CC(C)N1CCCC(COc2ccc3c(c2)NCCC3)C1. The third kappa shape index (κ3) is 3.70. The highest BCUT2D eigenvalue weighted by Gasteiger charge is 2.22. The summed E-state index contributed by atoms with van der Waals surface area (Å²) < 4.78 is 6.07. The van der Waals surface area contributed by atoms with E-state index in [0.717, 1.165) is 18.9 Å². The first-order valence-electron chi connectivity index (χ1n) is 8.46. The molecule has 0 bridgehead atoms. The Balaban J connectivity index is 1.55. The number of ether oxygens (including phenoxy) is 1. The maximum Gasteiger partial charge on any atom is 0.121 e. The highest BCUT2D eigenvalue weighted by atomic mass is 16.5. The monoisotopic (exact) mass is 288 g/mol. The van der Waals surface area contributed by atoms with Crippen molar-refractivity contribution in [2.75, 3.05) is 31.6 Å². The van der Waals surface area contributed by atoms with Crippen LogP contribution < -0.4 is 10.1 Å². The van der Waals surface area contributed by atoms with Crippen molar-refractivity contribution in [3.05, 3.63) is 23.8 Å². The summed E-state index contributed by atoms with van der Waals surface area (Å²) in [6, 6.07) is 7.19. The van der Waals surface area contributed by atoms with Crippen molar-refractivity contribution < 1.29 is 4.74 Å². The van der Waals surface area contributed by atoms with Crippen molar-refractivity contribution in [3.8, 4) is 5.75 Å². The van der Waals surface area contributed by atoms with Crippen LogP contribution in [-0.4, -0.2) is 37.2 Å². The number of nitrogens with zero attached hydrogens (tertiary/aromatic N) is 1. The van der Waals surface area contributed by atoms with Crippen LogP contribution in [0, 0.1) is 5.92 Å². The normalized spacial score (nSPS) is 22.7. The maximum absolute atomic E-state index is 6.07. The Bertz CT molecular complexity index is 472. The summed E-state index contributed by atoms with van der Waals surface area (Å²) in [5, 5.41) is 3.47. The van der Waals surface area contributed by atoms with E-state index in [-0.39, 0.29) is 0 Å². The summed E-state index contributed by atoms with van der Waals surface area (Å²) in [4.78, 5) is 2.58. The zero-order chi connectivity index (χ0) is 14.7. The Hall–Kier alpha value is -1.22. The predicted molar refractivity (Wildman–Crippen MR) is 88.2 cm³/mol. The number of fused-ring (bicyclic) bond motifs is 1. The molecule has 0 radical (unpaired) electrons. The number of likely N-dealkylation sites (tertiary alicyclic amines) is 1. The van der Waals surface area contributed by atoms with Gasteiger partial charge in [-0.1, -0.05) is 6.07 Å². The van der Waals surface area contributed by atoms with E-state index in [0.29, 0.717) is 12.0 Å². The molecule has 1 aromatic rings. The third-order valence-corrected chi connectivity index (χ3v) is 4.79. The Morgan fingerprint density at radius 3 is 3.10 bits per heavy atom. The van der Waals surface area contributed by atoms with E-state index in [4.69, 9.17) is 4.74 Å². The highest BCUT2D eigenvalue weighted by molar-refractivity contribution is 5.56. The number of hydrogen-bond donors (Lipinski definition) is 1. The molecule has 21 heavy (non-hydrogen) atoms. The van der Waals surface area contributed by atoms with Crippen LogP contribution in [0.4, 0.5) is 5.69 Å². The van der Waals surface area contributed by atoms with Gasteiger partial charge in [-0.25, -0.2) is 0 Å². The van der Waals surface area contributed by atoms with Gasteiger partial charge in [0.1, 0.15) is 5.75 Å². The molecule has 0 spiro atoms. The molecule has 2 aliphatic heterocycles. The molecule has 1 unspecified atom stereocenters. The first kappa shape index (κ1) is 14.7. The minimum atomic E-state index is 0.653. The Morgan fingerprint density at radius 1 is 1.33 bits per heavy atom. The second-order valence-electron chi connectivity index (χ2n) is 6.76. The molecule has 2 aliphatic rings. The first-order chi connectivity index (χ1) is 10.2. The maximum atomic E-state index is 6.07. The van der Waals surface area contributed by atoms with Crippen LogP contribution in [0.25, 0.3) is 0 Å². The second-order valence-corrected chi connectivity index (χ2v) is 6.76. The Labute approximate surface area is 128 Å². The van der Waals surface area contributed by atoms with Crippen molar-refractivity contribution in [3.63, 3.8) is 0 Å². The molecule has 1 N–H and O–H groups in total. The van der Waals surface area contributed by atoms with Crippen molar-refractivity contribution in [2.45, 2.75) is 45.6 Å². The molecule has 0 saturated carbocycles. The van der Waals surface area contributed by atoms with Crippen LogP contribution >= 0.6 is 0 Å². The van der Waals surface area contributed by atoms with Crippen LogP contribution in [-0.2, 0) is 6.42 Å².